The lowest BCUT2D eigenvalue weighted by Crippen LogP contribution is -2.00. The summed E-state index contributed by atoms with van der Waals surface area (Å²) in [5.74, 6) is 0.676. The number of methoxy groups -OCH3 is 1. The second kappa shape index (κ2) is 5.31. The van der Waals surface area contributed by atoms with Gasteiger partial charge in [-0.3, -0.25) is 0 Å². The number of halogens is 1. The topological polar surface area (TPSA) is 47.3 Å². The van der Waals surface area contributed by atoms with Crippen LogP contribution < -0.4 is 15.8 Å². The number of aryl methyl sites for hydroxylation is 1. The molecule has 0 saturated carbocycles. The van der Waals surface area contributed by atoms with Crippen molar-refractivity contribution in [3.8, 4) is 5.75 Å². The van der Waals surface area contributed by atoms with Gasteiger partial charge in [-0.25, -0.2) is 0 Å². The van der Waals surface area contributed by atoms with E-state index in [1.165, 1.54) is 0 Å². The lowest BCUT2D eigenvalue weighted by molar-refractivity contribution is 0.417. The number of nitrogens with one attached hydrogen (secondary N) is 1. The first-order valence-corrected chi connectivity index (χ1v) is 6.37. The highest BCUT2D eigenvalue weighted by Crippen LogP contribution is 2.32. The molecule has 0 aliphatic carbocycles. The minimum atomic E-state index is 0.613. The maximum atomic E-state index is 6.02. The molecular formula is C14H15BrN2O. The third-order valence-corrected chi connectivity index (χ3v) is 3.24. The Bertz CT molecular complexity index is 570. The Kier molecular flexibility index (Phi) is 3.77. The van der Waals surface area contributed by atoms with E-state index in [1.807, 2.05) is 37.3 Å². The highest BCUT2D eigenvalue weighted by atomic mass is 79.9. The molecule has 94 valence electrons. The van der Waals surface area contributed by atoms with Gasteiger partial charge in [0.05, 0.1) is 18.5 Å². The molecule has 0 radical (unpaired) electrons. The number of ether oxygens (including phenoxy) is 1. The number of para-hydroxylation sites is 1. The number of anilines is 3. The molecule has 2 aromatic carbocycles. The van der Waals surface area contributed by atoms with E-state index in [0.717, 1.165) is 21.4 Å². The Morgan fingerprint density at radius 2 is 1.94 bits per heavy atom. The van der Waals surface area contributed by atoms with Crippen molar-refractivity contribution in [1.29, 1.82) is 0 Å². The van der Waals surface area contributed by atoms with Crippen LogP contribution in [0.15, 0.2) is 40.9 Å². The van der Waals surface area contributed by atoms with Gasteiger partial charge in [-0.05, 0) is 42.8 Å². The molecular weight excluding hydrogens is 292 g/mol. The third kappa shape index (κ3) is 2.59. The van der Waals surface area contributed by atoms with Crippen LogP contribution in [0, 0.1) is 6.92 Å². The first-order valence-electron chi connectivity index (χ1n) is 5.57. The van der Waals surface area contributed by atoms with Crippen molar-refractivity contribution in [1.82, 2.24) is 0 Å². The van der Waals surface area contributed by atoms with E-state index in [2.05, 4.69) is 27.3 Å². The van der Waals surface area contributed by atoms with E-state index in [0.29, 0.717) is 11.4 Å². The number of nitrogens with two attached hydrogens (primary N) is 1. The van der Waals surface area contributed by atoms with Crippen LogP contribution in [-0.4, -0.2) is 7.11 Å². The summed E-state index contributed by atoms with van der Waals surface area (Å²) < 4.78 is 6.26. The smallest absolute Gasteiger partial charge is 0.143 e. The zero-order chi connectivity index (χ0) is 13.1. The van der Waals surface area contributed by atoms with E-state index in [1.54, 1.807) is 7.11 Å². The second-order valence-corrected chi connectivity index (χ2v) is 4.92. The summed E-state index contributed by atoms with van der Waals surface area (Å²) in [7, 11) is 1.61. The normalized spacial score (nSPS) is 10.2. The average molecular weight is 307 g/mol. The van der Waals surface area contributed by atoms with Gasteiger partial charge in [-0.2, -0.15) is 0 Å². The number of hydrogen-bond donors (Lipinski definition) is 2. The van der Waals surface area contributed by atoms with Crippen LogP contribution in [0.2, 0.25) is 0 Å². The van der Waals surface area contributed by atoms with Crippen LogP contribution in [0.3, 0.4) is 0 Å². The molecule has 0 fully saturated rings. The van der Waals surface area contributed by atoms with Gasteiger partial charge in [0.15, 0.2) is 0 Å². The van der Waals surface area contributed by atoms with E-state index < -0.39 is 0 Å². The number of nitrogen functional groups attached to an aromatic ring is 1. The minimum Gasteiger partial charge on any atom is -0.495 e. The van der Waals surface area contributed by atoms with E-state index in [4.69, 9.17) is 10.5 Å². The zero-order valence-electron chi connectivity index (χ0n) is 10.3. The Balaban J connectivity index is 2.34. The van der Waals surface area contributed by atoms with Gasteiger partial charge >= 0.3 is 0 Å². The lowest BCUT2D eigenvalue weighted by Gasteiger charge is -2.14. The molecule has 0 aromatic heterocycles. The van der Waals surface area contributed by atoms with Gasteiger partial charge in [0.1, 0.15) is 5.75 Å². The summed E-state index contributed by atoms with van der Waals surface area (Å²) in [5.41, 5.74) is 9.66. The number of hydrogen-bond acceptors (Lipinski definition) is 3. The Morgan fingerprint density at radius 3 is 2.61 bits per heavy atom. The van der Waals surface area contributed by atoms with Crippen LogP contribution in [-0.2, 0) is 0 Å². The highest BCUT2D eigenvalue weighted by molar-refractivity contribution is 9.10. The van der Waals surface area contributed by atoms with Crippen molar-refractivity contribution in [2.45, 2.75) is 6.92 Å². The minimum absolute atomic E-state index is 0.613. The number of benzene rings is 2. The van der Waals surface area contributed by atoms with Crippen LogP contribution in [0.1, 0.15) is 5.56 Å². The molecule has 0 spiro atoms. The maximum Gasteiger partial charge on any atom is 0.143 e. The van der Waals surface area contributed by atoms with Gasteiger partial charge in [-0.1, -0.05) is 22.0 Å². The van der Waals surface area contributed by atoms with Crippen molar-refractivity contribution in [2.24, 2.45) is 0 Å². The molecule has 0 atom stereocenters. The van der Waals surface area contributed by atoms with Gasteiger partial charge in [0.25, 0.3) is 0 Å². The average Bonchev–Trinajstić information content (AvgIpc) is 2.35. The SMILES string of the molecule is COc1cccc(Nc2ccc(Br)cc2C)c1N. The number of rotatable bonds is 3. The molecule has 0 unspecified atom stereocenters. The van der Waals surface area contributed by atoms with Gasteiger partial charge in [0, 0.05) is 10.2 Å². The first kappa shape index (κ1) is 12.8. The molecule has 2 aromatic rings. The van der Waals surface area contributed by atoms with Gasteiger partial charge in [0.2, 0.25) is 0 Å². The Hall–Kier alpha value is -1.68. The molecule has 0 bridgehead atoms. The molecule has 3 nitrogen and oxygen atoms in total. The molecule has 0 saturated heterocycles. The standard InChI is InChI=1S/C14H15BrN2O/c1-9-8-10(15)6-7-11(9)17-12-4-3-5-13(18-2)14(12)16/h3-8,17H,16H2,1-2H3. The van der Waals surface area contributed by atoms with E-state index in [-0.39, 0.29) is 0 Å². The fourth-order valence-electron chi connectivity index (χ4n) is 1.74. The molecule has 2 rings (SSSR count). The van der Waals surface area contributed by atoms with Crippen molar-refractivity contribution in [3.63, 3.8) is 0 Å². The quantitative estimate of drug-likeness (QED) is 0.840. The summed E-state index contributed by atoms with van der Waals surface area (Å²) >= 11 is 3.45. The summed E-state index contributed by atoms with van der Waals surface area (Å²) in [6.07, 6.45) is 0. The summed E-state index contributed by atoms with van der Waals surface area (Å²) in [6, 6.07) is 11.7. The van der Waals surface area contributed by atoms with Crippen molar-refractivity contribution in [2.75, 3.05) is 18.2 Å². The van der Waals surface area contributed by atoms with E-state index in [9.17, 15) is 0 Å². The van der Waals surface area contributed by atoms with Crippen molar-refractivity contribution < 1.29 is 4.74 Å². The molecule has 4 heteroatoms. The predicted octanol–water partition coefficient (Wildman–Crippen LogP) is 4.09. The molecule has 0 heterocycles. The fourth-order valence-corrected chi connectivity index (χ4v) is 2.22. The summed E-state index contributed by atoms with van der Waals surface area (Å²) in [5, 5.41) is 3.32. The van der Waals surface area contributed by atoms with Gasteiger partial charge in [-0.15, -0.1) is 0 Å². The van der Waals surface area contributed by atoms with Crippen LogP contribution >= 0.6 is 15.9 Å². The Labute approximate surface area is 115 Å². The van der Waals surface area contributed by atoms with Crippen molar-refractivity contribution in [3.05, 3.63) is 46.4 Å². The predicted molar refractivity (Wildman–Crippen MR) is 79.6 cm³/mol. The zero-order valence-corrected chi connectivity index (χ0v) is 11.9. The van der Waals surface area contributed by atoms with E-state index >= 15 is 0 Å². The van der Waals surface area contributed by atoms with Crippen LogP contribution in [0.25, 0.3) is 0 Å². The third-order valence-electron chi connectivity index (χ3n) is 2.74. The molecule has 3 N–H and O–H groups in total. The summed E-state index contributed by atoms with van der Waals surface area (Å²) in [4.78, 5) is 0. The molecule has 0 amide bonds. The highest BCUT2D eigenvalue weighted by Gasteiger charge is 2.06. The second-order valence-electron chi connectivity index (χ2n) is 4.01. The summed E-state index contributed by atoms with van der Waals surface area (Å²) in [6.45, 7) is 2.05. The fraction of sp³-hybridized carbons (Fsp3) is 0.143. The molecule has 0 aliphatic rings. The first-order chi connectivity index (χ1) is 8.61. The monoisotopic (exact) mass is 306 g/mol. The van der Waals surface area contributed by atoms with Gasteiger partial charge < -0.3 is 15.8 Å². The maximum absolute atomic E-state index is 6.02. The Morgan fingerprint density at radius 1 is 1.17 bits per heavy atom. The van der Waals surface area contributed by atoms with Crippen LogP contribution in [0.5, 0.6) is 5.75 Å². The largest absolute Gasteiger partial charge is 0.495 e. The molecule has 18 heavy (non-hydrogen) atoms. The lowest BCUT2D eigenvalue weighted by atomic mass is 10.2. The molecule has 0 aliphatic heterocycles. The van der Waals surface area contributed by atoms with Crippen molar-refractivity contribution >= 4 is 33.0 Å². The van der Waals surface area contributed by atoms with Crippen LogP contribution in [0.4, 0.5) is 17.1 Å².